The van der Waals surface area contributed by atoms with Crippen molar-refractivity contribution in [3.8, 4) is 28.4 Å². The molecule has 1 N–H and O–H groups in total. The lowest BCUT2D eigenvalue weighted by atomic mass is 9.99. The summed E-state index contributed by atoms with van der Waals surface area (Å²) in [7, 11) is 7.16. The van der Waals surface area contributed by atoms with Crippen LogP contribution in [0.5, 0.6) is 17.2 Å². The molecule has 1 heterocycles. The molecule has 1 aromatic heterocycles. The third-order valence-electron chi connectivity index (χ3n) is 5.30. The zero-order valence-corrected chi connectivity index (χ0v) is 20.2. The normalized spacial score (nSPS) is 11.7. The van der Waals surface area contributed by atoms with E-state index < -0.39 is 0 Å². The average molecular weight is 453 g/mol. The number of nitrogens with zero attached hydrogens (tertiary/aromatic N) is 1. The van der Waals surface area contributed by atoms with E-state index in [-0.39, 0.29) is 5.91 Å². The molecule has 0 unspecified atom stereocenters. The Morgan fingerprint density at radius 3 is 2.52 bits per heavy atom. The van der Waals surface area contributed by atoms with Crippen LogP contribution in [0.3, 0.4) is 0 Å². The second-order valence-corrected chi connectivity index (χ2v) is 7.92. The maximum Gasteiger partial charge on any atom is 0.244 e. The molecular formula is C26H32N2O5. The van der Waals surface area contributed by atoms with Crippen LogP contribution in [0.4, 0.5) is 0 Å². The lowest BCUT2D eigenvalue weighted by molar-refractivity contribution is -0.116. The molecule has 2 aromatic carbocycles. The third kappa shape index (κ3) is 5.68. The summed E-state index contributed by atoms with van der Waals surface area (Å²) in [6.07, 6.45) is 3.33. The van der Waals surface area contributed by atoms with Crippen LogP contribution in [0.25, 0.3) is 27.7 Å². The predicted molar refractivity (Wildman–Crippen MR) is 131 cm³/mol. The van der Waals surface area contributed by atoms with Crippen LogP contribution < -0.4 is 19.5 Å². The monoisotopic (exact) mass is 452 g/mol. The van der Waals surface area contributed by atoms with Crippen LogP contribution in [-0.4, -0.2) is 58.8 Å². The van der Waals surface area contributed by atoms with Gasteiger partial charge >= 0.3 is 0 Å². The molecule has 3 aromatic rings. The van der Waals surface area contributed by atoms with E-state index in [2.05, 4.69) is 5.32 Å². The minimum Gasteiger partial charge on any atom is -0.493 e. The van der Waals surface area contributed by atoms with E-state index in [0.717, 1.165) is 34.2 Å². The van der Waals surface area contributed by atoms with Crippen LogP contribution >= 0.6 is 0 Å². The molecule has 7 heteroatoms. The van der Waals surface area contributed by atoms with Crippen LogP contribution in [-0.2, 0) is 4.79 Å². The smallest absolute Gasteiger partial charge is 0.244 e. The lowest BCUT2D eigenvalue weighted by Gasteiger charge is -2.13. The summed E-state index contributed by atoms with van der Waals surface area (Å²) in [5.41, 5.74) is 4.20. The fourth-order valence-corrected chi connectivity index (χ4v) is 3.59. The molecular weight excluding hydrogens is 420 g/mol. The second-order valence-electron chi connectivity index (χ2n) is 7.92. The first-order valence-electron chi connectivity index (χ1n) is 10.9. The summed E-state index contributed by atoms with van der Waals surface area (Å²) >= 11 is 0. The van der Waals surface area contributed by atoms with Gasteiger partial charge in [-0.2, -0.15) is 0 Å². The number of methoxy groups -OCH3 is 2. The van der Waals surface area contributed by atoms with Crippen molar-refractivity contribution >= 4 is 22.4 Å². The third-order valence-corrected chi connectivity index (χ3v) is 5.30. The van der Waals surface area contributed by atoms with Gasteiger partial charge in [0, 0.05) is 41.7 Å². The van der Waals surface area contributed by atoms with Crippen LogP contribution in [0.2, 0.25) is 0 Å². The minimum atomic E-state index is -0.135. The van der Waals surface area contributed by atoms with Gasteiger partial charge in [0.05, 0.1) is 27.1 Å². The largest absolute Gasteiger partial charge is 0.493 e. The molecule has 0 bridgehead atoms. The Morgan fingerprint density at radius 2 is 1.85 bits per heavy atom. The zero-order chi connectivity index (χ0) is 24.0. The topological polar surface area (TPSA) is 73.2 Å². The molecule has 0 saturated heterocycles. The minimum absolute atomic E-state index is 0.135. The number of hydrogen-bond donors (Lipinski definition) is 1. The van der Waals surface area contributed by atoms with Gasteiger partial charge in [-0.15, -0.1) is 0 Å². The maximum atomic E-state index is 12.4. The highest BCUT2D eigenvalue weighted by Gasteiger charge is 2.16. The molecule has 0 aliphatic heterocycles. The Morgan fingerprint density at radius 1 is 1.09 bits per heavy atom. The quantitative estimate of drug-likeness (QED) is 0.454. The number of amides is 1. The van der Waals surface area contributed by atoms with Crippen LogP contribution in [0.1, 0.15) is 19.4 Å². The van der Waals surface area contributed by atoms with Crippen molar-refractivity contribution in [3.05, 3.63) is 48.2 Å². The molecule has 3 rings (SSSR count). The Kier molecular flexibility index (Phi) is 8.01. The SMILES string of the molecule is CCOc1cc2occ(-c3ccc(OC)c(OC)c3)c2cc1/C(C)=C/C(=O)NCCN(C)C. The number of rotatable bonds is 10. The summed E-state index contributed by atoms with van der Waals surface area (Å²) in [4.78, 5) is 14.4. The van der Waals surface area contributed by atoms with Crippen molar-refractivity contribution in [2.45, 2.75) is 13.8 Å². The van der Waals surface area contributed by atoms with E-state index in [1.807, 2.05) is 63.2 Å². The molecule has 1 amide bonds. The Labute approximate surface area is 194 Å². The van der Waals surface area contributed by atoms with E-state index in [1.165, 1.54) is 0 Å². The molecule has 0 radical (unpaired) electrons. The Bertz CT molecular complexity index is 1150. The number of ether oxygens (including phenoxy) is 3. The molecule has 176 valence electrons. The van der Waals surface area contributed by atoms with Crippen molar-refractivity contribution in [1.29, 1.82) is 0 Å². The highest BCUT2D eigenvalue weighted by atomic mass is 16.5. The number of allylic oxidation sites excluding steroid dienone is 1. The Hall–Kier alpha value is -3.45. The molecule has 0 atom stereocenters. The highest BCUT2D eigenvalue weighted by Crippen LogP contribution is 2.39. The van der Waals surface area contributed by atoms with Gasteiger partial charge in [0.15, 0.2) is 11.5 Å². The first-order valence-corrected chi connectivity index (χ1v) is 10.9. The van der Waals surface area contributed by atoms with Gasteiger partial charge in [-0.25, -0.2) is 0 Å². The van der Waals surface area contributed by atoms with Crippen molar-refractivity contribution < 1.29 is 23.4 Å². The van der Waals surface area contributed by atoms with E-state index >= 15 is 0 Å². The number of carbonyl (C=O) groups excluding carboxylic acids is 1. The van der Waals surface area contributed by atoms with Crippen molar-refractivity contribution in [3.63, 3.8) is 0 Å². The van der Waals surface area contributed by atoms with E-state index in [0.29, 0.717) is 36.0 Å². The average Bonchev–Trinajstić information content (AvgIpc) is 3.20. The summed E-state index contributed by atoms with van der Waals surface area (Å²) < 4.78 is 22.5. The summed E-state index contributed by atoms with van der Waals surface area (Å²) in [5.74, 6) is 1.84. The number of nitrogens with one attached hydrogen (secondary N) is 1. The Balaban J connectivity index is 2.02. The molecule has 0 saturated carbocycles. The molecule has 33 heavy (non-hydrogen) atoms. The van der Waals surface area contributed by atoms with E-state index in [4.69, 9.17) is 18.6 Å². The standard InChI is InChI=1S/C26H32N2O5/c1-7-32-23-15-24-20(14-19(23)17(2)12-26(29)27-10-11-28(3)4)21(16-33-24)18-8-9-22(30-5)25(13-18)31-6/h8-9,12-16H,7,10-11H2,1-6H3,(H,27,29)/b17-12+. The van der Waals surface area contributed by atoms with E-state index in [9.17, 15) is 4.79 Å². The first-order chi connectivity index (χ1) is 15.9. The predicted octanol–water partition coefficient (Wildman–Crippen LogP) is 4.60. The number of furan rings is 1. The second kappa shape index (κ2) is 10.9. The first kappa shape index (κ1) is 24.2. The number of carbonyl (C=O) groups is 1. The lowest BCUT2D eigenvalue weighted by Crippen LogP contribution is -2.30. The fraction of sp³-hybridized carbons (Fsp3) is 0.346. The molecule has 0 spiro atoms. The van der Waals surface area contributed by atoms with Crippen LogP contribution in [0.15, 0.2) is 47.1 Å². The molecule has 0 fully saturated rings. The van der Waals surface area contributed by atoms with Gasteiger partial charge in [-0.05, 0) is 57.3 Å². The van der Waals surface area contributed by atoms with Gasteiger partial charge in [0.1, 0.15) is 11.3 Å². The van der Waals surface area contributed by atoms with Crippen molar-refractivity contribution in [2.24, 2.45) is 0 Å². The highest BCUT2D eigenvalue weighted by molar-refractivity contribution is 6.00. The molecule has 0 aliphatic rings. The fourth-order valence-electron chi connectivity index (χ4n) is 3.59. The number of benzene rings is 2. The number of likely N-dealkylation sites (N-methyl/N-ethyl adjacent to an activating group) is 1. The van der Waals surface area contributed by atoms with Crippen LogP contribution in [0, 0.1) is 0 Å². The number of hydrogen-bond acceptors (Lipinski definition) is 6. The zero-order valence-electron chi connectivity index (χ0n) is 20.2. The van der Waals surface area contributed by atoms with Gasteiger partial charge in [0.25, 0.3) is 0 Å². The van der Waals surface area contributed by atoms with Gasteiger partial charge in [-0.1, -0.05) is 6.07 Å². The summed E-state index contributed by atoms with van der Waals surface area (Å²) in [6.45, 7) is 5.70. The number of fused-ring (bicyclic) bond motifs is 1. The molecule has 7 nitrogen and oxygen atoms in total. The van der Waals surface area contributed by atoms with Gasteiger partial charge in [0.2, 0.25) is 5.91 Å². The summed E-state index contributed by atoms with van der Waals surface area (Å²) in [5, 5.41) is 3.83. The van der Waals surface area contributed by atoms with E-state index in [1.54, 1.807) is 26.6 Å². The van der Waals surface area contributed by atoms with Gasteiger partial charge in [-0.3, -0.25) is 4.79 Å². The van der Waals surface area contributed by atoms with Crippen molar-refractivity contribution in [1.82, 2.24) is 10.2 Å². The summed E-state index contributed by atoms with van der Waals surface area (Å²) in [6, 6.07) is 9.63. The van der Waals surface area contributed by atoms with Gasteiger partial charge < -0.3 is 28.8 Å². The maximum absolute atomic E-state index is 12.4. The molecule has 0 aliphatic carbocycles. The van der Waals surface area contributed by atoms with Crippen molar-refractivity contribution in [2.75, 3.05) is 48.0 Å².